The lowest BCUT2D eigenvalue weighted by Crippen LogP contribution is -2.35. The number of nitrogens with zero attached hydrogens (tertiary/aromatic N) is 1. The van der Waals surface area contributed by atoms with E-state index in [4.69, 9.17) is 16.3 Å². The molecule has 0 spiro atoms. The van der Waals surface area contributed by atoms with Gasteiger partial charge in [0.25, 0.3) is 0 Å². The zero-order chi connectivity index (χ0) is 19.4. The molecule has 0 unspecified atom stereocenters. The fourth-order valence-corrected chi connectivity index (χ4v) is 5.25. The van der Waals surface area contributed by atoms with Crippen LogP contribution in [0.4, 0.5) is 0 Å². The fourth-order valence-electron chi connectivity index (χ4n) is 2.77. The van der Waals surface area contributed by atoms with Crippen LogP contribution < -0.4 is 0 Å². The molecule has 144 valence electrons. The van der Waals surface area contributed by atoms with Crippen molar-refractivity contribution in [2.45, 2.75) is 24.2 Å². The van der Waals surface area contributed by atoms with Crippen molar-refractivity contribution in [2.24, 2.45) is 0 Å². The monoisotopic (exact) mass is 427 g/mol. The Balaban J connectivity index is 1.62. The first-order chi connectivity index (χ1) is 12.9. The molecule has 1 aromatic heterocycles. The SMILES string of the molecule is O=C(OCC(=O)c1ccc(Cl)s1)c1ccc(S(=O)(=O)N2CCCCC2)cc1. The first-order valence-electron chi connectivity index (χ1n) is 8.44. The second kappa shape index (κ2) is 8.52. The van der Waals surface area contributed by atoms with Gasteiger partial charge in [0.15, 0.2) is 6.61 Å². The molecule has 0 bridgehead atoms. The summed E-state index contributed by atoms with van der Waals surface area (Å²) in [5, 5.41) is 0. The highest BCUT2D eigenvalue weighted by molar-refractivity contribution is 7.89. The number of Topliss-reactive ketones (excluding diaryl/α,β-unsaturated/α-hetero) is 1. The smallest absolute Gasteiger partial charge is 0.338 e. The zero-order valence-electron chi connectivity index (χ0n) is 14.4. The summed E-state index contributed by atoms with van der Waals surface area (Å²) >= 11 is 6.89. The van der Waals surface area contributed by atoms with Crippen molar-refractivity contribution in [3.8, 4) is 0 Å². The van der Waals surface area contributed by atoms with E-state index < -0.39 is 22.6 Å². The number of rotatable bonds is 6. The van der Waals surface area contributed by atoms with Gasteiger partial charge >= 0.3 is 5.97 Å². The number of thiophene rings is 1. The number of sulfonamides is 1. The minimum Gasteiger partial charge on any atom is -0.454 e. The van der Waals surface area contributed by atoms with E-state index in [9.17, 15) is 18.0 Å². The van der Waals surface area contributed by atoms with Crippen LogP contribution in [-0.2, 0) is 14.8 Å². The number of hydrogen-bond acceptors (Lipinski definition) is 6. The van der Waals surface area contributed by atoms with Gasteiger partial charge in [0.2, 0.25) is 15.8 Å². The number of ether oxygens (including phenoxy) is 1. The minimum absolute atomic E-state index is 0.144. The van der Waals surface area contributed by atoms with Crippen LogP contribution in [0.25, 0.3) is 0 Å². The number of piperidine rings is 1. The Hall–Kier alpha value is -1.74. The highest BCUT2D eigenvalue weighted by Crippen LogP contribution is 2.23. The maximum Gasteiger partial charge on any atom is 0.338 e. The molecule has 9 heteroatoms. The van der Waals surface area contributed by atoms with Gasteiger partial charge in [0.05, 0.1) is 19.7 Å². The van der Waals surface area contributed by atoms with Gasteiger partial charge in [-0.15, -0.1) is 11.3 Å². The maximum atomic E-state index is 12.6. The first kappa shape index (κ1) is 20.0. The molecule has 1 saturated heterocycles. The molecule has 1 fully saturated rings. The van der Waals surface area contributed by atoms with Gasteiger partial charge in [-0.3, -0.25) is 4.79 Å². The van der Waals surface area contributed by atoms with Crippen molar-refractivity contribution in [3.63, 3.8) is 0 Å². The first-order valence-corrected chi connectivity index (χ1v) is 11.1. The van der Waals surface area contributed by atoms with Gasteiger partial charge in [-0.1, -0.05) is 18.0 Å². The van der Waals surface area contributed by atoms with E-state index in [1.165, 1.54) is 28.6 Å². The summed E-state index contributed by atoms with van der Waals surface area (Å²) in [5.41, 5.74) is 0.185. The van der Waals surface area contributed by atoms with Crippen LogP contribution in [0, 0.1) is 0 Å². The minimum atomic E-state index is -3.55. The Morgan fingerprint density at radius 1 is 1.04 bits per heavy atom. The van der Waals surface area contributed by atoms with E-state index in [1.54, 1.807) is 12.1 Å². The van der Waals surface area contributed by atoms with E-state index >= 15 is 0 Å². The molecular weight excluding hydrogens is 410 g/mol. The normalized spacial score (nSPS) is 15.4. The largest absolute Gasteiger partial charge is 0.454 e. The molecule has 0 amide bonds. The Morgan fingerprint density at radius 2 is 1.70 bits per heavy atom. The van der Waals surface area contributed by atoms with Crippen molar-refractivity contribution in [1.29, 1.82) is 0 Å². The molecule has 0 N–H and O–H groups in total. The predicted molar refractivity (Wildman–Crippen MR) is 103 cm³/mol. The van der Waals surface area contributed by atoms with Gasteiger partial charge in [-0.05, 0) is 49.2 Å². The van der Waals surface area contributed by atoms with Crippen LogP contribution in [-0.4, -0.2) is 44.2 Å². The number of ketones is 1. The molecule has 0 aliphatic carbocycles. The molecule has 0 atom stereocenters. The van der Waals surface area contributed by atoms with Gasteiger partial charge < -0.3 is 4.74 Å². The van der Waals surface area contributed by atoms with E-state index in [-0.39, 0.29) is 16.2 Å². The quantitative estimate of drug-likeness (QED) is 0.519. The van der Waals surface area contributed by atoms with Crippen molar-refractivity contribution in [1.82, 2.24) is 4.31 Å². The van der Waals surface area contributed by atoms with Crippen LogP contribution in [0.3, 0.4) is 0 Å². The lowest BCUT2D eigenvalue weighted by molar-refractivity contribution is 0.0475. The summed E-state index contributed by atoms with van der Waals surface area (Å²) in [7, 11) is -3.55. The van der Waals surface area contributed by atoms with Crippen LogP contribution >= 0.6 is 22.9 Å². The van der Waals surface area contributed by atoms with E-state index in [0.717, 1.165) is 30.6 Å². The third-order valence-corrected chi connectivity index (χ3v) is 7.41. The van der Waals surface area contributed by atoms with Crippen molar-refractivity contribution < 1.29 is 22.7 Å². The Kier molecular flexibility index (Phi) is 6.31. The molecule has 2 aromatic rings. The van der Waals surface area contributed by atoms with Gasteiger partial charge in [0.1, 0.15) is 0 Å². The van der Waals surface area contributed by atoms with E-state index in [1.807, 2.05) is 0 Å². The fraction of sp³-hybridized carbons (Fsp3) is 0.333. The average Bonchev–Trinajstić information content (AvgIpc) is 3.13. The van der Waals surface area contributed by atoms with Gasteiger partial charge in [-0.25, -0.2) is 13.2 Å². The molecule has 1 aliphatic heterocycles. The molecule has 0 radical (unpaired) electrons. The number of carbonyl (C=O) groups is 2. The molecule has 1 aromatic carbocycles. The molecule has 6 nitrogen and oxygen atoms in total. The van der Waals surface area contributed by atoms with Crippen LogP contribution in [0.15, 0.2) is 41.3 Å². The van der Waals surface area contributed by atoms with Crippen molar-refractivity contribution in [3.05, 3.63) is 51.2 Å². The number of halogens is 1. The summed E-state index contributed by atoms with van der Waals surface area (Å²) in [6.45, 7) is 0.630. The van der Waals surface area contributed by atoms with Crippen molar-refractivity contribution in [2.75, 3.05) is 19.7 Å². The van der Waals surface area contributed by atoms with E-state index in [2.05, 4.69) is 0 Å². The van der Waals surface area contributed by atoms with Crippen LogP contribution in [0.1, 0.15) is 39.3 Å². The van der Waals surface area contributed by atoms with Crippen LogP contribution in [0.5, 0.6) is 0 Å². The highest BCUT2D eigenvalue weighted by atomic mass is 35.5. The maximum absolute atomic E-state index is 12.6. The number of esters is 1. The molecule has 1 aliphatic rings. The van der Waals surface area contributed by atoms with Gasteiger partial charge in [0, 0.05) is 13.1 Å². The summed E-state index contributed by atoms with van der Waals surface area (Å²) in [5.74, 6) is -1.03. The molecule has 27 heavy (non-hydrogen) atoms. The Bertz CT molecular complexity index is 931. The number of carbonyl (C=O) groups excluding carboxylic acids is 2. The molecule has 3 rings (SSSR count). The third kappa shape index (κ3) is 4.76. The van der Waals surface area contributed by atoms with E-state index in [0.29, 0.717) is 22.3 Å². The summed E-state index contributed by atoms with van der Waals surface area (Å²) in [6, 6.07) is 8.74. The van der Waals surface area contributed by atoms with Gasteiger partial charge in [-0.2, -0.15) is 4.31 Å². The number of hydrogen-bond donors (Lipinski definition) is 0. The zero-order valence-corrected chi connectivity index (χ0v) is 16.8. The Labute approximate surface area is 166 Å². The summed E-state index contributed by atoms with van der Waals surface area (Å²) < 4.78 is 32.2. The molecule has 0 saturated carbocycles. The molecule has 2 heterocycles. The summed E-state index contributed by atoms with van der Waals surface area (Å²) in [4.78, 5) is 24.6. The number of benzene rings is 1. The Morgan fingerprint density at radius 3 is 2.30 bits per heavy atom. The average molecular weight is 428 g/mol. The second-order valence-electron chi connectivity index (χ2n) is 6.09. The highest BCUT2D eigenvalue weighted by Gasteiger charge is 2.26. The standard InChI is InChI=1S/C18H18ClNO5S2/c19-17-9-8-16(26-17)15(21)12-25-18(22)13-4-6-14(7-5-13)27(23,24)20-10-2-1-3-11-20/h4-9H,1-3,10-12H2. The second-order valence-corrected chi connectivity index (χ2v) is 9.75. The predicted octanol–water partition coefficient (Wildman–Crippen LogP) is 3.62. The summed E-state index contributed by atoms with van der Waals surface area (Å²) in [6.07, 6.45) is 2.74. The lowest BCUT2D eigenvalue weighted by Gasteiger charge is -2.25. The van der Waals surface area contributed by atoms with Crippen LogP contribution in [0.2, 0.25) is 4.34 Å². The lowest BCUT2D eigenvalue weighted by atomic mass is 10.2. The molecular formula is C18H18ClNO5S2. The topological polar surface area (TPSA) is 80.8 Å². The third-order valence-electron chi connectivity index (χ3n) is 4.23. The van der Waals surface area contributed by atoms with Crippen molar-refractivity contribution >= 4 is 44.7 Å².